The first-order valence-electron chi connectivity index (χ1n) is 4.33. The molecule has 0 radical (unpaired) electrons. The van der Waals surface area contributed by atoms with E-state index in [1.807, 2.05) is 6.07 Å². The second-order valence-corrected chi connectivity index (χ2v) is 3.01. The average molecular weight is 203 g/mol. The summed E-state index contributed by atoms with van der Waals surface area (Å²) in [6, 6.07) is 10.3. The Morgan fingerprint density at radius 3 is 2.60 bits per heavy atom. The summed E-state index contributed by atoms with van der Waals surface area (Å²) >= 11 is 0. The molecule has 0 aliphatic heterocycles. The van der Waals surface area contributed by atoms with Crippen molar-refractivity contribution in [2.75, 3.05) is 5.73 Å². The van der Waals surface area contributed by atoms with Crippen LogP contribution in [0.1, 0.15) is 10.5 Å². The standard InChI is InChI=1S/C10H9N3O2/c11-9-6-8(10(14)15)13(12-9)7-4-2-1-3-5-7/h1-6H,(H2,11,12)(H,14,15). The molecule has 0 aliphatic rings. The Balaban J connectivity index is 2.58. The molecule has 0 saturated carbocycles. The van der Waals surface area contributed by atoms with Crippen LogP contribution in [0.3, 0.4) is 0 Å². The van der Waals surface area contributed by atoms with Crippen molar-refractivity contribution < 1.29 is 9.90 Å². The number of carboxylic acids is 1. The maximum absolute atomic E-state index is 10.9. The molecule has 76 valence electrons. The summed E-state index contributed by atoms with van der Waals surface area (Å²) in [6.07, 6.45) is 0. The normalized spacial score (nSPS) is 10.1. The van der Waals surface area contributed by atoms with E-state index in [1.54, 1.807) is 24.3 Å². The first-order valence-corrected chi connectivity index (χ1v) is 4.33. The zero-order valence-electron chi connectivity index (χ0n) is 7.79. The monoisotopic (exact) mass is 203 g/mol. The molecule has 15 heavy (non-hydrogen) atoms. The summed E-state index contributed by atoms with van der Waals surface area (Å²) in [5.41, 5.74) is 6.19. The molecular formula is C10H9N3O2. The van der Waals surface area contributed by atoms with Gasteiger partial charge in [0, 0.05) is 6.07 Å². The molecule has 3 N–H and O–H groups in total. The van der Waals surface area contributed by atoms with E-state index in [4.69, 9.17) is 10.8 Å². The quantitative estimate of drug-likeness (QED) is 0.767. The molecule has 0 amide bonds. The topological polar surface area (TPSA) is 81.1 Å². The van der Waals surface area contributed by atoms with E-state index < -0.39 is 5.97 Å². The van der Waals surface area contributed by atoms with Gasteiger partial charge in [-0.2, -0.15) is 0 Å². The predicted molar refractivity (Wildman–Crippen MR) is 54.9 cm³/mol. The molecule has 1 aromatic carbocycles. The Labute approximate surface area is 85.8 Å². The van der Waals surface area contributed by atoms with Crippen molar-refractivity contribution >= 4 is 11.8 Å². The molecular weight excluding hydrogens is 194 g/mol. The van der Waals surface area contributed by atoms with Crippen molar-refractivity contribution in [3.05, 3.63) is 42.1 Å². The first kappa shape index (κ1) is 9.26. The Morgan fingerprint density at radius 2 is 2.00 bits per heavy atom. The van der Waals surface area contributed by atoms with Gasteiger partial charge in [0.1, 0.15) is 5.82 Å². The Morgan fingerprint density at radius 1 is 1.33 bits per heavy atom. The molecule has 5 heteroatoms. The Bertz CT molecular complexity index is 491. The molecule has 0 unspecified atom stereocenters. The van der Waals surface area contributed by atoms with Gasteiger partial charge in [-0.15, -0.1) is 5.10 Å². The number of nitrogen functional groups attached to an aromatic ring is 1. The molecule has 0 bridgehead atoms. The Kier molecular flexibility index (Phi) is 2.13. The van der Waals surface area contributed by atoms with Gasteiger partial charge in [0.05, 0.1) is 5.69 Å². The van der Waals surface area contributed by atoms with Gasteiger partial charge in [0.25, 0.3) is 0 Å². The zero-order chi connectivity index (χ0) is 10.8. The number of hydrogen-bond acceptors (Lipinski definition) is 3. The average Bonchev–Trinajstić information content (AvgIpc) is 2.62. The number of anilines is 1. The highest BCUT2D eigenvalue weighted by Crippen LogP contribution is 2.13. The van der Waals surface area contributed by atoms with E-state index in [1.165, 1.54) is 10.7 Å². The minimum atomic E-state index is -1.05. The van der Waals surface area contributed by atoms with Crippen molar-refractivity contribution in [1.82, 2.24) is 9.78 Å². The highest BCUT2D eigenvalue weighted by Gasteiger charge is 2.13. The third kappa shape index (κ3) is 1.67. The van der Waals surface area contributed by atoms with Crippen molar-refractivity contribution in [3.8, 4) is 5.69 Å². The minimum Gasteiger partial charge on any atom is -0.477 e. The molecule has 0 aliphatic carbocycles. The SMILES string of the molecule is Nc1cc(C(=O)O)n(-c2ccccc2)n1. The lowest BCUT2D eigenvalue weighted by molar-refractivity contribution is 0.0687. The third-order valence-electron chi connectivity index (χ3n) is 1.95. The number of carbonyl (C=O) groups is 1. The first-order chi connectivity index (χ1) is 7.18. The van der Waals surface area contributed by atoms with Crippen molar-refractivity contribution in [3.63, 3.8) is 0 Å². The molecule has 5 nitrogen and oxygen atoms in total. The fourth-order valence-electron chi connectivity index (χ4n) is 1.32. The van der Waals surface area contributed by atoms with Gasteiger partial charge in [-0.1, -0.05) is 18.2 Å². The van der Waals surface area contributed by atoms with Gasteiger partial charge in [-0.25, -0.2) is 9.48 Å². The van der Waals surface area contributed by atoms with Gasteiger partial charge >= 0.3 is 5.97 Å². The molecule has 0 saturated heterocycles. The van der Waals surface area contributed by atoms with Crippen LogP contribution in [0.15, 0.2) is 36.4 Å². The van der Waals surface area contributed by atoms with Gasteiger partial charge < -0.3 is 10.8 Å². The number of nitrogens with two attached hydrogens (primary N) is 1. The molecule has 2 aromatic rings. The maximum atomic E-state index is 10.9. The van der Waals surface area contributed by atoms with Gasteiger partial charge in [-0.05, 0) is 12.1 Å². The van der Waals surface area contributed by atoms with Crippen molar-refractivity contribution in [2.24, 2.45) is 0 Å². The molecule has 2 rings (SSSR count). The van der Waals surface area contributed by atoms with E-state index in [2.05, 4.69) is 5.10 Å². The molecule has 0 fully saturated rings. The lowest BCUT2D eigenvalue weighted by Gasteiger charge is -2.02. The van der Waals surface area contributed by atoms with Crippen molar-refractivity contribution in [1.29, 1.82) is 0 Å². The fourth-order valence-corrected chi connectivity index (χ4v) is 1.32. The van der Waals surface area contributed by atoms with Crippen LogP contribution >= 0.6 is 0 Å². The van der Waals surface area contributed by atoms with Crippen LogP contribution in [0.5, 0.6) is 0 Å². The van der Waals surface area contributed by atoms with Crippen LogP contribution in [-0.4, -0.2) is 20.9 Å². The van der Waals surface area contributed by atoms with E-state index in [-0.39, 0.29) is 11.5 Å². The molecule has 0 atom stereocenters. The second kappa shape index (κ2) is 3.45. The number of benzene rings is 1. The van der Waals surface area contributed by atoms with Crippen LogP contribution in [0, 0.1) is 0 Å². The van der Waals surface area contributed by atoms with Crippen LogP contribution in [-0.2, 0) is 0 Å². The highest BCUT2D eigenvalue weighted by molar-refractivity contribution is 5.87. The summed E-state index contributed by atoms with van der Waals surface area (Å²) in [4.78, 5) is 10.9. The second-order valence-electron chi connectivity index (χ2n) is 3.01. The van der Waals surface area contributed by atoms with Gasteiger partial charge in [0.2, 0.25) is 0 Å². The summed E-state index contributed by atoms with van der Waals surface area (Å²) in [5, 5.41) is 12.8. The van der Waals surface area contributed by atoms with E-state index in [9.17, 15) is 4.79 Å². The molecule has 0 spiro atoms. The summed E-state index contributed by atoms with van der Waals surface area (Å²) < 4.78 is 1.30. The number of hydrogen-bond donors (Lipinski definition) is 2. The van der Waals surface area contributed by atoms with E-state index >= 15 is 0 Å². The fraction of sp³-hybridized carbons (Fsp3) is 0. The molecule has 1 heterocycles. The number of aromatic nitrogens is 2. The smallest absolute Gasteiger partial charge is 0.354 e. The lowest BCUT2D eigenvalue weighted by Crippen LogP contribution is -2.07. The summed E-state index contributed by atoms with van der Waals surface area (Å²) in [5.74, 6) is -0.862. The van der Waals surface area contributed by atoms with E-state index in [0.717, 1.165) is 0 Å². The highest BCUT2D eigenvalue weighted by atomic mass is 16.4. The number of carboxylic acid groups (broad SMARTS) is 1. The van der Waals surface area contributed by atoms with Crippen molar-refractivity contribution in [2.45, 2.75) is 0 Å². The van der Waals surface area contributed by atoms with Gasteiger partial charge in [0.15, 0.2) is 5.69 Å². The number of para-hydroxylation sites is 1. The van der Waals surface area contributed by atoms with Crippen LogP contribution in [0.25, 0.3) is 5.69 Å². The summed E-state index contributed by atoms with van der Waals surface area (Å²) in [7, 11) is 0. The molecule has 1 aromatic heterocycles. The zero-order valence-corrected chi connectivity index (χ0v) is 7.79. The number of aromatic carboxylic acids is 1. The van der Waals surface area contributed by atoms with Crippen LogP contribution in [0.4, 0.5) is 5.82 Å². The third-order valence-corrected chi connectivity index (χ3v) is 1.95. The number of rotatable bonds is 2. The number of nitrogens with zero attached hydrogens (tertiary/aromatic N) is 2. The summed E-state index contributed by atoms with van der Waals surface area (Å²) in [6.45, 7) is 0. The Hall–Kier alpha value is -2.30. The lowest BCUT2D eigenvalue weighted by atomic mass is 10.3. The van der Waals surface area contributed by atoms with Gasteiger partial charge in [-0.3, -0.25) is 0 Å². The predicted octanol–water partition coefficient (Wildman–Crippen LogP) is 1.15. The maximum Gasteiger partial charge on any atom is 0.354 e. The van der Waals surface area contributed by atoms with E-state index in [0.29, 0.717) is 5.69 Å². The van der Waals surface area contributed by atoms with Crippen LogP contribution < -0.4 is 5.73 Å². The van der Waals surface area contributed by atoms with Crippen LogP contribution in [0.2, 0.25) is 0 Å². The largest absolute Gasteiger partial charge is 0.477 e. The minimum absolute atomic E-state index is 0.0544.